The number of carbonyl (C=O) groups is 1. The van der Waals surface area contributed by atoms with Gasteiger partial charge in [0, 0.05) is 62.4 Å². The molecule has 3 saturated heterocycles. The van der Waals surface area contributed by atoms with Gasteiger partial charge in [0.05, 0.1) is 24.0 Å². The highest BCUT2D eigenvalue weighted by Crippen LogP contribution is 2.49. The number of hydrogen-bond acceptors (Lipinski definition) is 8. The Morgan fingerprint density at radius 1 is 1.20 bits per heavy atom. The van der Waals surface area contributed by atoms with Crippen molar-refractivity contribution in [1.29, 1.82) is 0 Å². The van der Waals surface area contributed by atoms with Gasteiger partial charge in [-0.15, -0.1) is 10.8 Å². The molecule has 4 aliphatic rings. The van der Waals surface area contributed by atoms with Gasteiger partial charge in [0.15, 0.2) is 0 Å². The number of nitrogens with zero attached hydrogens (tertiary/aromatic N) is 2. The van der Waals surface area contributed by atoms with E-state index < -0.39 is 16.8 Å². The Kier molecular flexibility index (Phi) is 11.6. The number of nitrogens with two attached hydrogens (primary N) is 1. The lowest BCUT2D eigenvalue weighted by Crippen LogP contribution is -2.56. The second kappa shape index (κ2) is 14.9. The largest absolute Gasteiger partial charge is 0.383 e. The third-order valence-corrected chi connectivity index (χ3v) is 13.0. The number of hydrogen-bond donors (Lipinski definition) is 4. The van der Waals surface area contributed by atoms with E-state index >= 15 is 0 Å². The standard InChI is InChI=1S/C33H55ClN4O5S/c1-33(2)20-25(15-17-43-33)30(24-9-12-26(34)13-10-24)31(35)32(39)37(16-18-42-3)29-8-4-6-23(29)11-14-28-21-36-27-7-5-19-44(40,41)38(28)22-27/h9-10,12-13,23,25,27-31,36,40-41H,4-8,11,14-22,35H2,1-3H3/t23-,25?,27-,28+,29+,30+,31+/m1/s1. The lowest BCUT2D eigenvalue weighted by Gasteiger charge is -2.49. The van der Waals surface area contributed by atoms with Crippen molar-refractivity contribution in [1.82, 2.24) is 14.5 Å². The van der Waals surface area contributed by atoms with E-state index in [1.54, 1.807) is 7.11 Å². The average molecular weight is 655 g/mol. The summed E-state index contributed by atoms with van der Waals surface area (Å²) in [5, 5.41) is 4.32. The van der Waals surface area contributed by atoms with E-state index in [1.807, 2.05) is 33.5 Å². The Balaban J connectivity index is 1.33. The maximum absolute atomic E-state index is 14.5. The molecular weight excluding hydrogens is 600 g/mol. The van der Waals surface area contributed by atoms with E-state index in [0.29, 0.717) is 49.0 Å². The zero-order valence-corrected chi connectivity index (χ0v) is 28.4. The molecular formula is C33H55ClN4O5S. The topological polar surface area (TPSA) is 121 Å². The molecule has 4 fully saturated rings. The summed E-state index contributed by atoms with van der Waals surface area (Å²) in [5.41, 5.74) is 7.83. The van der Waals surface area contributed by atoms with E-state index in [4.69, 9.17) is 26.8 Å². The second-order valence-corrected chi connectivity index (χ2v) is 16.7. The van der Waals surface area contributed by atoms with Gasteiger partial charge in [-0.25, -0.2) is 4.31 Å². The minimum absolute atomic E-state index is 0.00734. The Bertz CT molecular complexity index is 1090. The molecule has 1 amide bonds. The van der Waals surface area contributed by atoms with Crippen molar-refractivity contribution in [3.63, 3.8) is 0 Å². The van der Waals surface area contributed by atoms with Crippen LogP contribution in [0, 0.1) is 11.8 Å². The van der Waals surface area contributed by atoms with Gasteiger partial charge in [-0.2, -0.15) is 0 Å². The molecule has 5 rings (SSSR count). The highest BCUT2D eigenvalue weighted by atomic mass is 35.5. The molecule has 250 valence electrons. The molecule has 2 unspecified atom stereocenters. The van der Waals surface area contributed by atoms with Crippen LogP contribution in [0.3, 0.4) is 0 Å². The third-order valence-electron chi connectivity index (χ3n) is 10.7. The first-order chi connectivity index (χ1) is 21.0. The maximum Gasteiger partial charge on any atom is 0.240 e. The number of carbonyl (C=O) groups excluding carboxylic acids is 1. The fourth-order valence-electron chi connectivity index (χ4n) is 8.46. The van der Waals surface area contributed by atoms with Gasteiger partial charge >= 0.3 is 0 Å². The maximum atomic E-state index is 14.5. The number of amides is 1. The number of nitrogens with one attached hydrogen (secondary N) is 1. The molecule has 9 nitrogen and oxygen atoms in total. The average Bonchev–Trinajstić information content (AvgIpc) is 3.40. The van der Waals surface area contributed by atoms with Gasteiger partial charge in [0.25, 0.3) is 0 Å². The summed E-state index contributed by atoms with van der Waals surface area (Å²) in [5.74, 6) is 0.850. The summed E-state index contributed by atoms with van der Waals surface area (Å²) < 4.78 is 35.4. The Morgan fingerprint density at radius 3 is 2.70 bits per heavy atom. The van der Waals surface area contributed by atoms with Crippen LogP contribution in [-0.4, -0.2) is 99.7 Å². The molecule has 1 saturated carbocycles. The molecule has 44 heavy (non-hydrogen) atoms. The molecule has 1 aromatic rings. The number of methoxy groups -OCH3 is 1. The molecule has 5 N–H and O–H groups in total. The molecule has 11 heteroatoms. The van der Waals surface area contributed by atoms with Crippen molar-refractivity contribution in [3.8, 4) is 0 Å². The summed E-state index contributed by atoms with van der Waals surface area (Å²) >= 11 is 6.26. The number of rotatable bonds is 11. The van der Waals surface area contributed by atoms with Crippen molar-refractivity contribution < 1.29 is 23.4 Å². The van der Waals surface area contributed by atoms with E-state index in [9.17, 15) is 13.9 Å². The SMILES string of the molecule is COCCN(C(=O)[C@@H](N)[C@@H](c1ccc(Cl)cc1)C1CCOC(C)(C)C1)[C@H]1CCC[C@@H]1CC[C@H]1CN[C@@H]2CCCS(O)(O)N1C2. The third kappa shape index (κ3) is 8.12. The molecule has 3 aliphatic heterocycles. The number of benzene rings is 1. The Hall–Kier alpha value is -0.950. The predicted octanol–water partition coefficient (Wildman–Crippen LogP) is 5.48. The quantitative estimate of drug-likeness (QED) is 0.248. The summed E-state index contributed by atoms with van der Waals surface area (Å²) in [6.45, 7) is 7.33. The van der Waals surface area contributed by atoms with Crippen LogP contribution in [0.4, 0.5) is 0 Å². The van der Waals surface area contributed by atoms with Gasteiger partial charge in [-0.05, 0) is 94.7 Å². The van der Waals surface area contributed by atoms with Crippen LogP contribution in [0.25, 0.3) is 0 Å². The molecule has 0 aromatic heterocycles. The highest BCUT2D eigenvalue weighted by Gasteiger charge is 2.44. The van der Waals surface area contributed by atoms with E-state index in [0.717, 1.165) is 69.9 Å². The summed E-state index contributed by atoms with van der Waals surface area (Å²) in [6, 6.07) is 7.65. The summed E-state index contributed by atoms with van der Waals surface area (Å²) in [7, 11) is -1.05. The lowest BCUT2D eigenvalue weighted by atomic mass is 9.73. The number of ether oxygens (including phenoxy) is 2. The van der Waals surface area contributed by atoms with Crippen molar-refractivity contribution in [3.05, 3.63) is 34.9 Å². The summed E-state index contributed by atoms with van der Waals surface area (Å²) in [4.78, 5) is 16.6. The van der Waals surface area contributed by atoms with E-state index in [1.165, 1.54) is 0 Å². The number of piperazine rings is 1. The fraction of sp³-hybridized carbons (Fsp3) is 0.788. The van der Waals surface area contributed by atoms with Crippen molar-refractivity contribution >= 4 is 28.3 Å². The summed E-state index contributed by atoms with van der Waals surface area (Å²) in [6.07, 6.45) is 8.41. The molecule has 8 atom stereocenters. The van der Waals surface area contributed by atoms with Gasteiger partial charge in [-0.3, -0.25) is 13.9 Å². The van der Waals surface area contributed by atoms with Crippen molar-refractivity contribution in [2.24, 2.45) is 17.6 Å². The van der Waals surface area contributed by atoms with E-state index in [-0.39, 0.29) is 35.4 Å². The first kappa shape index (κ1) is 34.4. The Morgan fingerprint density at radius 2 is 1.98 bits per heavy atom. The predicted molar refractivity (Wildman–Crippen MR) is 178 cm³/mol. The molecule has 3 heterocycles. The van der Waals surface area contributed by atoms with Crippen molar-refractivity contribution in [2.75, 3.05) is 45.7 Å². The van der Waals surface area contributed by atoms with Crippen LogP contribution in [0.5, 0.6) is 0 Å². The van der Waals surface area contributed by atoms with Crippen LogP contribution in [0.1, 0.15) is 83.1 Å². The molecule has 2 bridgehead atoms. The minimum Gasteiger partial charge on any atom is -0.383 e. The normalized spacial score (nSPS) is 33.6. The lowest BCUT2D eigenvalue weighted by molar-refractivity contribution is -0.138. The van der Waals surface area contributed by atoms with Gasteiger partial charge in [0.2, 0.25) is 5.91 Å². The van der Waals surface area contributed by atoms with Crippen LogP contribution in [-0.2, 0) is 14.3 Å². The van der Waals surface area contributed by atoms with Gasteiger partial charge in [-0.1, -0.05) is 30.2 Å². The fourth-order valence-corrected chi connectivity index (χ4v) is 10.5. The number of fused-ring (bicyclic) bond motifs is 2. The molecule has 0 radical (unpaired) electrons. The van der Waals surface area contributed by atoms with Crippen LogP contribution in [0.15, 0.2) is 24.3 Å². The zero-order valence-electron chi connectivity index (χ0n) is 26.8. The minimum atomic E-state index is -2.73. The first-order valence-corrected chi connectivity index (χ1v) is 18.7. The van der Waals surface area contributed by atoms with Crippen LogP contribution >= 0.6 is 22.4 Å². The van der Waals surface area contributed by atoms with E-state index in [2.05, 4.69) is 19.2 Å². The Labute approximate surface area is 271 Å². The monoisotopic (exact) mass is 654 g/mol. The smallest absolute Gasteiger partial charge is 0.240 e. The van der Waals surface area contributed by atoms with Crippen LogP contribution in [0.2, 0.25) is 5.02 Å². The molecule has 1 aromatic carbocycles. The van der Waals surface area contributed by atoms with Crippen LogP contribution < -0.4 is 11.1 Å². The number of halogens is 1. The second-order valence-electron chi connectivity index (χ2n) is 14.2. The van der Waals surface area contributed by atoms with Crippen molar-refractivity contribution in [2.45, 2.75) is 107 Å². The molecule has 1 aliphatic carbocycles. The van der Waals surface area contributed by atoms with Gasteiger partial charge in [0.1, 0.15) is 0 Å². The van der Waals surface area contributed by atoms with Gasteiger partial charge < -0.3 is 25.4 Å². The highest BCUT2D eigenvalue weighted by molar-refractivity contribution is 8.22. The zero-order chi connectivity index (χ0) is 31.5. The molecule has 0 spiro atoms. The first-order valence-electron chi connectivity index (χ1n) is 16.7.